The summed E-state index contributed by atoms with van der Waals surface area (Å²) in [6.45, 7) is 0.854. The fourth-order valence-corrected chi connectivity index (χ4v) is 2.43. The van der Waals surface area contributed by atoms with Crippen LogP contribution < -0.4 is 0 Å². The van der Waals surface area contributed by atoms with E-state index >= 15 is 0 Å². The van der Waals surface area contributed by atoms with Gasteiger partial charge in [0, 0.05) is 18.0 Å². The lowest BCUT2D eigenvalue weighted by atomic mass is 10.4. The van der Waals surface area contributed by atoms with Crippen LogP contribution in [0.4, 0.5) is 0 Å². The van der Waals surface area contributed by atoms with Gasteiger partial charge in [-0.1, -0.05) is 0 Å². The van der Waals surface area contributed by atoms with Crippen molar-refractivity contribution in [1.29, 1.82) is 0 Å². The average molecular weight is 194 g/mol. The minimum absolute atomic E-state index is 0.427. The Morgan fingerprint density at radius 3 is 2.25 bits per heavy atom. The largest absolute Gasteiger partial charge is 0.315 e. The van der Waals surface area contributed by atoms with E-state index in [0.717, 1.165) is 12.8 Å². The molecule has 1 saturated heterocycles. The monoisotopic (exact) mass is 194 g/mol. The number of nitro groups is 1. The van der Waals surface area contributed by atoms with Crippen LogP contribution >= 0.6 is 0 Å². The number of nitrogens with zero attached hydrogens (tertiary/aromatic N) is 2. The minimum Gasteiger partial charge on any atom is -0.263 e. The summed E-state index contributed by atoms with van der Waals surface area (Å²) in [5.74, 6) is -0.979. The maximum absolute atomic E-state index is 11.1. The van der Waals surface area contributed by atoms with E-state index in [-0.39, 0.29) is 0 Å². The van der Waals surface area contributed by atoms with Crippen LogP contribution in [-0.2, 0) is 10.0 Å². The highest BCUT2D eigenvalue weighted by Gasteiger charge is 2.29. The Kier molecular flexibility index (Phi) is 2.63. The van der Waals surface area contributed by atoms with Crippen molar-refractivity contribution in [2.24, 2.45) is 0 Å². The second kappa shape index (κ2) is 3.36. The van der Waals surface area contributed by atoms with Gasteiger partial charge in [-0.05, 0) is 12.8 Å². The highest BCUT2D eigenvalue weighted by molar-refractivity contribution is 7.88. The molecule has 0 saturated carbocycles. The van der Waals surface area contributed by atoms with E-state index in [4.69, 9.17) is 0 Å². The third kappa shape index (κ3) is 2.15. The molecule has 1 aliphatic heterocycles. The quantitative estimate of drug-likeness (QED) is 0.454. The first-order valence-electron chi connectivity index (χ1n) is 3.62. The van der Waals surface area contributed by atoms with Crippen LogP contribution in [0.2, 0.25) is 0 Å². The number of hydrogen-bond donors (Lipinski definition) is 0. The van der Waals surface area contributed by atoms with E-state index in [1.54, 1.807) is 0 Å². The normalized spacial score (nSPS) is 19.7. The smallest absolute Gasteiger partial charge is 0.263 e. The molecule has 0 atom stereocenters. The summed E-state index contributed by atoms with van der Waals surface area (Å²) in [5, 5.41) is 9.97. The van der Waals surface area contributed by atoms with Gasteiger partial charge in [0.2, 0.25) is 0 Å². The lowest BCUT2D eigenvalue weighted by Gasteiger charge is -2.10. The minimum atomic E-state index is -3.62. The summed E-state index contributed by atoms with van der Waals surface area (Å²) in [4.78, 5) is 9.16. The zero-order chi connectivity index (χ0) is 9.19. The molecule has 0 N–H and O–H groups in total. The Labute approximate surface area is 70.4 Å². The van der Waals surface area contributed by atoms with Crippen LogP contribution in [0.25, 0.3) is 0 Å². The third-order valence-corrected chi connectivity index (χ3v) is 3.42. The molecule has 0 aromatic carbocycles. The van der Waals surface area contributed by atoms with Gasteiger partial charge in [-0.3, -0.25) is 10.1 Å². The highest BCUT2D eigenvalue weighted by Crippen LogP contribution is 2.12. The van der Waals surface area contributed by atoms with Crippen molar-refractivity contribution >= 4 is 10.0 Å². The molecule has 12 heavy (non-hydrogen) atoms. The predicted octanol–water partition coefficient (Wildman–Crippen LogP) is -0.354. The molecule has 0 amide bonds. The lowest BCUT2D eigenvalue weighted by Crippen LogP contribution is -2.32. The van der Waals surface area contributed by atoms with E-state index in [0.29, 0.717) is 13.1 Å². The first-order valence-corrected chi connectivity index (χ1v) is 5.23. The Morgan fingerprint density at radius 1 is 1.33 bits per heavy atom. The summed E-state index contributed by atoms with van der Waals surface area (Å²) in [6, 6.07) is 0. The van der Waals surface area contributed by atoms with Crippen LogP contribution in [0, 0.1) is 10.1 Å². The molecular formula is C5H10N2O4S. The number of rotatable bonds is 3. The summed E-state index contributed by atoms with van der Waals surface area (Å²) in [7, 11) is -3.62. The molecule has 1 aliphatic rings. The van der Waals surface area contributed by atoms with E-state index in [1.165, 1.54) is 4.31 Å². The third-order valence-electron chi connectivity index (χ3n) is 1.73. The standard InChI is InChI=1S/C5H10N2O4S/c8-7(9)5-12(10,11)6-3-1-2-4-6/h1-5H2. The second-order valence-electron chi connectivity index (χ2n) is 2.68. The van der Waals surface area contributed by atoms with Crippen molar-refractivity contribution in [2.45, 2.75) is 12.8 Å². The molecular weight excluding hydrogens is 184 g/mol. The Balaban J connectivity index is 2.64. The van der Waals surface area contributed by atoms with E-state index in [2.05, 4.69) is 0 Å². The van der Waals surface area contributed by atoms with Gasteiger partial charge >= 0.3 is 5.88 Å². The average Bonchev–Trinajstić information content (AvgIpc) is 2.32. The first-order chi connectivity index (χ1) is 5.52. The van der Waals surface area contributed by atoms with Gasteiger partial charge in [-0.25, -0.2) is 8.42 Å². The zero-order valence-corrected chi connectivity index (χ0v) is 7.29. The van der Waals surface area contributed by atoms with Crippen molar-refractivity contribution in [3.63, 3.8) is 0 Å². The molecule has 7 heteroatoms. The number of sulfonamides is 1. The van der Waals surface area contributed by atoms with Gasteiger partial charge in [0.25, 0.3) is 10.0 Å². The fraction of sp³-hybridized carbons (Fsp3) is 1.00. The van der Waals surface area contributed by atoms with Gasteiger partial charge in [-0.15, -0.1) is 0 Å². The summed E-state index contributed by atoms with van der Waals surface area (Å²) in [5.41, 5.74) is 0. The summed E-state index contributed by atoms with van der Waals surface area (Å²) < 4.78 is 23.4. The van der Waals surface area contributed by atoms with Crippen LogP contribution in [0.5, 0.6) is 0 Å². The molecule has 1 rings (SSSR count). The maximum Gasteiger partial charge on any atom is 0.315 e. The Hall–Kier alpha value is -0.690. The molecule has 1 heterocycles. The molecule has 0 radical (unpaired) electrons. The van der Waals surface area contributed by atoms with Gasteiger partial charge in [0.1, 0.15) is 0 Å². The van der Waals surface area contributed by atoms with Gasteiger partial charge < -0.3 is 0 Å². The molecule has 0 aromatic heterocycles. The molecule has 70 valence electrons. The molecule has 0 unspecified atom stereocenters. The maximum atomic E-state index is 11.1. The van der Waals surface area contributed by atoms with Crippen molar-refractivity contribution in [3.8, 4) is 0 Å². The molecule has 0 spiro atoms. The SMILES string of the molecule is O=[N+]([O-])CS(=O)(=O)N1CCCC1. The Bertz CT molecular complexity index is 267. The van der Waals surface area contributed by atoms with Crippen LogP contribution in [0.15, 0.2) is 0 Å². The number of hydrogen-bond acceptors (Lipinski definition) is 4. The van der Waals surface area contributed by atoms with Crippen molar-refractivity contribution in [3.05, 3.63) is 10.1 Å². The van der Waals surface area contributed by atoms with E-state index in [1.807, 2.05) is 0 Å². The topological polar surface area (TPSA) is 80.5 Å². The zero-order valence-electron chi connectivity index (χ0n) is 6.47. The Morgan fingerprint density at radius 2 is 1.83 bits per heavy atom. The van der Waals surface area contributed by atoms with Crippen LogP contribution in [0.3, 0.4) is 0 Å². The highest BCUT2D eigenvalue weighted by atomic mass is 32.2. The summed E-state index contributed by atoms with van der Waals surface area (Å²) in [6.07, 6.45) is 1.61. The predicted molar refractivity (Wildman–Crippen MR) is 41.6 cm³/mol. The molecule has 0 aliphatic carbocycles. The van der Waals surface area contributed by atoms with E-state index in [9.17, 15) is 18.5 Å². The lowest BCUT2D eigenvalue weighted by molar-refractivity contribution is -0.459. The second-order valence-corrected chi connectivity index (χ2v) is 4.62. The van der Waals surface area contributed by atoms with Crippen molar-refractivity contribution in [1.82, 2.24) is 4.31 Å². The molecule has 6 nitrogen and oxygen atoms in total. The van der Waals surface area contributed by atoms with Crippen LogP contribution in [0.1, 0.15) is 12.8 Å². The molecule has 1 fully saturated rings. The van der Waals surface area contributed by atoms with Gasteiger partial charge in [-0.2, -0.15) is 4.31 Å². The van der Waals surface area contributed by atoms with Gasteiger partial charge in [0.15, 0.2) is 0 Å². The van der Waals surface area contributed by atoms with Crippen molar-refractivity contribution < 1.29 is 13.3 Å². The van der Waals surface area contributed by atoms with Crippen LogP contribution in [-0.4, -0.2) is 36.6 Å². The molecule has 0 bridgehead atoms. The van der Waals surface area contributed by atoms with E-state index < -0.39 is 20.8 Å². The molecule has 0 aromatic rings. The summed E-state index contributed by atoms with van der Waals surface area (Å²) >= 11 is 0. The van der Waals surface area contributed by atoms with Crippen molar-refractivity contribution in [2.75, 3.05) is 19.0 Å². The fourth-order valence-electron chi connectivity index (χ4n) is 1.18. The van der Waals surface area contributed by atoms with Gasteiger partial charge in [0.05, 0.1) is 0 Å². The first kappa shape index (κ1) is 9.40.